The van der Waals surface area contributed by atoms with Gasteiger partial charge in [-0.1, -0.05) is 57.6 Å². The molecule has 10 heteroatoms. The number of nitrogens with one attached hydrogen (secondary N) is 1. The van der Waals surface area contributed by atoms with Crippen LogP contribution in [-0.2, 0) is 20.9 Å². The fourth-order valence-electron chi connectivity index (χ4n) is 7.68. The van der Waals surface area contributed by atoms with Gasteiger partial charge < -0.3 is 24.6 Å². The monoisotopic (exact) mass is 666 g/mol. The van der Waals surface area contributed by atoms with Crippen LogP contribution in [0.15, 0.2) is 48.5 Å². The van der Waals surface area contributed by atoms with Crippen LogP contribution in [0.25, 0.3) is 0 Å². The van der Waals surface area contributed by atoms with Crippen LogP contribution in [0, 0.1) is 5.92 Å². The van der Waals surface area contributed by atoms with Crippen molar-refractivity contribution >= 4 is 30.1 Å². The molecule has 1 atom stereocenters. The van der Waals surface area contributed by atoms with Crippen molar-refractivity contribution in [2.45, 2.75) is 89.3 Å². The number of benzene rings is 2. The molecule has 2 aromatic rings. The first kappa shape index (κ1) is 35.2. The molecule has 3 amide bonds. The fourth-order valence-corrected chi connectivity index (χ4v) is 7.68. The van der Waals surface area contributed by atoms with E-state index in [1.807, 2.05) is 46.2 Å². The van der Waals surface area contributed by atoms with Gasteiger partial charge >= 0.3 is 0 Å². The second kappa shape index (κ2) is 16.3. The van der Waals surface area contributed by atoms with Gasteiger partial charge in [0, 0.05) is 44.8 Å². The lowest BCUT2D eigenvalue weighted by Crippen LogP contribution is -2.73. The van der Waals surface area contributed by atoms with Gasteiger partial charge in [-0.2, -0.15) is 0 Å². The lowest BCUT2D eigenvalue weighted by molar-refractivity contribution is -0.162. The van der Waals surface area contributed by atoms with E-state index in [0.29, 0.717) is 62.9 Å². The zero-order valence-corrected chi connectivity index (χ0v) is 28.6. The van der Waals surface area contributed by atoms with Crippen LogP contribution in [0.2, 0.25) is 0 Å². The van der Waals surface area contributed by atoms with Gasteiger partial charge in [0.15, 0.2) is 0 Å². The van der Waals surface area contributed by atoms with Gasteiger partial charge in [-0.25, -0.2) is 0 Å². The first-order valence-corrected chi connectivity index (χ1v) is 17.5. The van der Waals surface area contributed by atoms with Gasteiger partial charge in [0.2, 0.25) is 11.8 Å². The Morgan fingerprint density at radius 3 is 2.19 bits per heavy atom. The van der Waals surface area contributed by atoms with Crippen LogP contribution in [0.5, 0.6) is 11.5 Å². The van der Waals surface area contributed by atoms with E-state index in [-0.39, 0.29) is 36.2 Å². The van der Waals surface area contributed by atoms with Crippen LogP contribution in [0.4, 0.5) is 0 Å². The van der Waals surface area contributed by atoms with Crippen molar-refractivity contribution in [2.24, 2.45) is 5.92 Å². The summed E-state index contributed by atoms with van der Waals surface area (Å²) in [4.78, 5) is 46.5. The number of piperidine rings is 1. The van der Waals surface area contributed by atoms with Crippen molar-refractivity contribution in [3.05, 3.63) is 59.7 Å². The molecular formula is C37H51ClN4O5. The molecule has 4 aliphatic rings. The van der Waals surface area contributed by atoms with Crippen LogP contribution >= 0.6 is 12.4 Å². The SMILES string of the molecule is CCCCN1C(=O)[C@H](CC2CCCCC2)NC(=O)C12CCN(Cc1ccc(Oc3ccc(C(=O)N4CCOCC4)cc3)cc1)CC2.Cl. The Hall–Kier alpha value is -3.14. The van der Waals surface area contributed by atoms with Crippen LogP contribution in [-0.4, -0.2) is 89.9 Å². The lowest BCUT2D eigenvalue weighted by atomic mass is 9.79. The largest absolute Gasteiger partial charge is 0.457 e. The van der Waals surface area contributed by atoms with E-state index >= 15 is 0 Å². The molecule has 6 rings (SSSR count). The van der Waals surface area contributed by atoms with Crippen LogP contribution in [0.1, 0.15) is 87.1 Å². The molecule has 2 aromatic carbocycles. The third-order valence-electron chi connectivity index (χ3n) is 10.5. The van der Waals surface area contributed by atoms with Gasteiger partial charge in [0.05, 0.1) is 13.2 Å². The summed E-state index contributed by atoms with van der Waals surface area (Å²) in [6.45, 7) is 7.53. The van der Waals surface area contributed by atoms with E-state index in [1.165, 1.54) is 37.7 Å². The topological polar surface area (TPSA) is 91.4 Å². The van der Waals surface area contributed by atoms with Crippen molar-refractivity contribution in [1.82, 2.24) is 20.0 Å². The minimum atomic E-state index is -0.730. The van der Waals surface area contributed by atoms with Gasteiger partial charge in [-0.3, -0.25) is 19.3 Å². The van der Waals surface area contributed by atoms with Crippen molar-refractivity contribution in [3.8, 4) is 11.5 Å². The van der Waals surface area contributed by atoms with Crippen molar-refractivity contribution in [1.29, 1.82) is 0 Å². The van der Waals surface area contributed by atoms with E-state index in [0.717, 1.165) is 44.6 Å². The van der Waals surface area contributed by atoms with E-state index < -0.39 is 5.54 Å². The normalized spacial score (nSPS) is 22.1. The number of hydrogen-bond donors (Lipinski definition) is 1. The molecule has 47 heavy (non-hydrogen) atoms. The quantitative estimate of drug-likeness (QED) is 0.345. The van der Waals surface area contributed by atoms with E-state index in [4.69, 9.17) is 9.47 Å². The standard InChI is InChI=1S/C37H50N4O5.ClH/c1-2-3-19-41-35(43)33(26-28-7-5-4-6-8-28)38-36(44)37(41)17-20-39(21-18-37)27-29-9-13-31(14-10-29)46-32-15-11-30(12-16-32)34(42)40-22-24-45-25-23-40;/h9-16,28,33H,2-8,17-27H2,1H3,(H,38,44);1H/t33-;/m0./s1. The number of carbonyl (C=O) groups is 3. The smallest absolute Gasteiger partial charge is 0.254 e. The van der Waals surface area contributed by atoms with E-state index in [2.05, 4.69) is 29.3 Å². The Morgan fingerprint density at radius 1 is 0.915 bits per heavy atom. The summed E-state index contributed by atoms with van der Waals surface area (Å²) in [7, 11) is 0. The number of likely N-dealkylation sites (tertiary alicyclic amines) is 1. The van der Waals surface area contributed by atoms with E-state index in [9.17, 15) is 14.4 Å². The third-order valence-corrected chi connectivity index (χ3v) is 10.5. The first-order chi connectivity index (χ1) is 22.4. The highest BCUT2D eigenvalue weighted by Gasteiger charge is 2.53. The molecule has 1 saturated carbocycles. The highest BCUT2D eigenvalue weighted by atomic mass is 35.5. The molecule has 1 N–H and O–H groups in total. The molecule has 0 radical (unpaired) electrons. The van der Waals surface area contributed by atoms with Crippen molar-refractivity contribution < 1.29 is 23.9 Å². The van der Waals surface area contributed by atoms with Gasteiger partial charge in [-0.05, 0) is 73.6 Å². The summed E-state index contributed by atoms with van der Waals surface area (Å²) in [5, 5.41) is 3.21. The Bertz CT molecular complexity index is 1330. The molecule has 9 nitrogen and oxygen atoms in total. The zero-order chi connectivity index (χ0) is 31.9. The number of halogens is 1. The minimum absolute atomic E-state index is 0. The number of rotatable bonds is 10. The second-order valence-corrected chi connectivity index (χ2v) is 13.6. The number of amides is 3. The molecule has 0 aromatic heterocycles. The summed E-state index contributed by atoms with van der Waals surface area (Å²) >= 11 is 0. The number of ether oxygens (including phenoxy) is 2. The maximum atomic E-state index is 13.8. The number of nitrogens with zero attached hydrogens (tertiary/aromatic N) is 3. The summed E-state index contributed by atoms with van der Waals surface area (Å²) < 4.78 is 11.4. The number of piperazine rings is 1. The zero-order valence-electron chi connectivity index (χ0n) is 27.8. The summed E-state index contributed by atoms with van der Waals surface area (Å²) in [6, 6.07) is 15.0. The molecule has 256 valence electrons. The molecule has 0 bridgehead atoms. The lowest BCUT2D eigenvalue weighted by Gasteiger charge is -2.52. The Labute approximate surface area is 285 Å². The Balaban J connectivity index is 0.00000433. The number of carbonyl (C=O) groups excluding carboxylic acids is 3. The Morgan fingerprint density at radius 2 is 1.55 bits per heavy atom. The molecule has 4 fully saturated rings. The third kappa shape index (κ3) is 8.30. The highest BCUT2D eigenvalue weighted by Crippen LogP contribution is 2.36. The highest BCUT2D eigenvalue weighted by molar-refractivity contribution is 6.00. The molecule has 3 heterocycles. The van der Waals surface area contributed by atoms with Crippen molar-refractivity contribution in [3.63, 3.8) is 0 Å². The number of morpholine rings is 1. The summed E-state index contributed by atoms with van der Waals surface area (Å²) in [5.41, 5.74) is 1.09. The Kier molecular flexibility index (Phi) is 12.2. The molecule has 3 saturated heterocycles. The summed E-state index contributed by atoms with van der Waals surface area (Å²) in [5.74, 6) is 2.18. The molecule has 1 aliphatic carbocycles. The van der Waals surface area contributed by atoms with Crippen LogP contribution in [0.3, 0.4) is 0 Å². The average molecular weight is 667 g/mol. The fraction of sp³-hybridized carbons (Fsp3) is 0.595. The maximum absolute atomic E-state index is 13.8. The number of unbranched alkanes of at least 4 members (excludes halogenated alkanes) is 1. The minimum Gasteiger partial charge on any atom is -0.457 e. The predicted octanol–water partition coefficient (Wildman–Crippen LogP) is 5.81. The van der Waals surface area contributed by atoms with Gasteiger partial charge in [0.1, 0.15) is 23.1 Å². The maximum Gasteiger partial charge on any atom is 0.254 e. The molecular weight excluding hydrogens is 616 g/mol. The van der Waals surface area contributed by atoms with Crippen LogP contribution < -0.4 is 10.1 Å². The molecule has 3 aliphatic heterocycles. The number of hydrogen-bond acceptors (Lipinski definition) is 6. The predicted molar refractivity (Wildman–Crippen MR) is 184 cm³/mol. The van der Waals surface area contributed by atoms with Crippen molar-refractivity contribution in [2.75, 3.05) is 45.9 Å². The van der Waals surface area contributed by atoms with E-state index in [1.54, 1.807) is 0 Å². The van der Waals surface area contributed by atoms with Gasteiger partial charge in [-0.15, -0.1) is 12.4 Å². The second-order valence-electron chi connectivity index (χ2n) is 13.6. The molecule has 1 spiro atoms. The molecule has 0 unspecified atom stereocenters. The average Bonchev–Trinajstić information content (AvgIpc) is 3.10. The first-order valence-electron chi connectivity index (χ1n) is 17.5. The summed E-state index contributed by atoms with van der Waals surface area (Å²) in [6.07, 6.45) is 10.1. The van der Waals surface area contributed by atoms with Gasteiger partial charge in [0.25, 0.3) is 5.91 Å².